The number of carbonyl (C=O) groups excluding carboxylic acids is 2. The maximum Gasteiger partial charge on any atom is 0.296 e. The fourth-order valence-corrected chi connectivity index (χ4v) is 4.62. The molecule has 0 bridgehead atoms. The topological polar surface area (TPSA) is 137 Å². The first-order valence-electron chi connectivity index (χ1n) is 10.7. The number of benzene rings is 2. The third-order valence-electron chi connectivity index (χ3n) is 5.26. The molecule has 2 amide bonds. The number of aliphatic imine (C=N–C) groups is 1. The van der Waals surface area contributed by atoms with Gasteiger partial charge in [0, 0.05) is 6.42 Å². The van der Waals surface area contributed by atoms with E-state index in [-0.39, 0.29) is 36.0 Å². The van der Waals surface area contributed by atoms with E-state index in [0.29, 0.717) is 22.4 Å². The normalized spacial score (nSPS) is 16.3. The van der Waals surface area contributed by atoms with Crippen molar-refractivity contribution in [3.05, 3.63) is 76.7 Å². The summed E-state index contributed by atoms with van der Waals surface area (Å²) in [4.78, 5) is 42.9. The maximum atomic E-state index is 13.2. The molecular weight excluding hydrogens is 488 g/mol. The first kappa shape index (κ1) is 24.8. The number of nitrogens with zero attached hydrogens (tertiary/aromatic N) is 3. The van der Waals surface area contributed by atoms with E-state index in [9.17, 15) is 19.7 Å². The zero-order valence-corrected chi connectivity index (χ0v) is 20.2. The van der Waals surface area contributed by atoms with Crippen LogP contribution in [0.1, 0.15) is 12.2 Å². The largest absolute Gasteiger partial charge is 0.497 e. The number of amides is 2. The Bertz CT molecular complexity index is 1290. The van der Waals surface area contributed by atoms with Gasteiger partial charge in [0.1, 0.15) is 28.2 Å². The molecule has 2 aromatic carbocycles. The molecule has 1 aliphatic rings. The van der Waals surface area contributed by atoms with Crippen molar-refractivity contribution in [1.29, 1.82) is 0 Å². The average Bonchev–Trinajstić information content (AvgIpc) is 3.49. The predicted octanol–water partition coefficient (Wildman–Crippen LogP) is 4.37. The highest BCUT2D eigenvalue weighted by Crippen LogP contribution is 2.34. The Kier molecular flexibility index (Phi) is 7.54. The molecule has 11 nitrogen and oxygen atoms in total. The second-order valence-electron chi connectivity index (χ2n) is 7.60. The minimum absolute atomic E-state index is 0.0146. The van der Waals surface area contributed by atoms with Crippen molar-refractivity contribution in [3.63, 3.8) is 0 Å². The van der Waals surface area contributed by atoms with Gasteiger partial charge in [0.25, 0.3) is 5.69 Å². The number of nitro benzene ring substituents is 1. The van der Waals surface area contributed by atoms with Crippen molar-refractivity contribution in [1.82, 2.24) is 4.90 Å². The highest BCUT2D eigenvalue weighted by atomic mass is 32.2. The molecule has 12 heteroatoms. The molecule has 36 heavy (non-hydrogen) atoms. The fraction of sp³-hybridized carbons (Fsp3) is 0.208. The van der Waals surface area contributed by atoms with Crippen LogP contribution in [0.25, 0.3) is 0 Å². The van der Waals surface area contributed by atoms with Gasteiger partial charge in [-0.25, -0.2) is 4.99 Å². The van der Waals surface area contributed by atoms with E-state index in [2.05, 4.69) is 10.3 Å². The SMILES string of the molecule is COc1ccc(N=C2SC(CC(=O)Nc3ccc(OC)cc3[N+](=O)[O-])C(=O)N2Cc2ccco2)cc1. The molecule has 1 fully saturated rings. The van der Waals surface area contributed by atoms with Crippen molar-refractivity contribution in [3.8, 4) is 11.5 Å². The second kappa shape index (κ2) is 11.0. The van der Waals surface area contributed by atoms with Gasteiger partial charge in [0.15, 0.2) is 5.17 Å². The second-order valence-corrected chi connectivity index (χ2v) is 8.77. The number of methoxy groups -OCH3 is 2. The van der Waals surface area contributed by atoms with Gasteiger partial charge in [-0.2, -0.15) is 0 Å². The number of nitrogens with one attached hydrogen (secondary N) is 1. The molecule has 0 saturated carbocycles. The quantitative estimate of drug-likeness (QED) is 0.331. The molecule has 1 aromatic heterocycles. The van der Waals surface area contributed by atoms with E-state index in [1.807, 2.05) is 0 Å². The third-order valence-corrected chi connectivity index (χ3v) is 6.43. The summed E-state index contributed by atoms with van der Waals surface area (Å²) in [6.45, 7) is 0.149. The zero-order chi connectivity index (χ0) is 25.7. The molecule has 1 atom stereocenters. The van der Waals surface area contributed by atoms with Crippen molar-refractivity contribution >= 4 is 45.8 Å². The van der Waals surface area contributed by atoms with E-state index in [4.69, 9.17) is 13.9 Å². The highest BCUT2D eigenvalue weighted by Gasteiger charge is 2.39. The van der Waals surface area contributed by atoms with Crippen molar-refractivity contribution in [2.24, 2.45) is 4.99 Å². The molecular formula is C24H22N4O7S. The minimum Gasteiger partial charge on any atom is -0.497 e. The Morgan fingerprint density at radius 1 is 1.17 bits per heavy atom. The summed E-state index contributed by atoms with van der Waals surface area (Å²) >= 11 is 1.15. The minimum atomic E-state index is -0.769. The Balaban J connectivity index is 1.53. The Hall–Kier alpha value is -4.32. The highest BCUT2D eigenvalue weighted by molar-refractivity contribution is 8.15. The van der Waals surface area contributed by atoms with Crippen LogP contribution in [0, 0.1) is 10.1 Å². The van der Waals surface area contributed by atoms with Gasteiger partial charge in [-0.05, 0) is 48.5 Å². The number of furan rings is 1. The summed E-state index contributed by atoms with van der Waals surface area (Å²) in [5, 5.41) is 13.6. The first-order valence-corrected chi connectivity index (χ1v) is 11.6. The van der Waals surface area contributed by atoms with Crippen LogP contribution in [0.4, 0.5) is 17.1 Å². The van der Waals surface area contributed by atoms with Gasteiger partial charge in [-0.1, -0.05) is 11.8 Å². The molecule has 3 aromatic rings. The maximum absolute atomic E-state index is 13.2. The Labute approximate surface area is 210 Å². The van der Waals surface area contributed by atoms with Gasteiger partial charge < -0.3 is 19.2 Å². The third kappa shape index (κ3) is 5.66. The molecule has 1 N–H and O–H groups in total. The smallest absolute Gasteiger partial charge is 0.296 e. The lowest BCUT2D eigenvalue weighted by Crippen LogP contribution is -2.33. The number of nitro groups is 1. The molecule has 1 saturated heterocycles. The molecule has 4 rings (SSSR count). The number of hydrogen-bond acceptors (Lipinski definition) is 9. The Morgan fingerprint density at radius 2 is 1.89 bits per heavy atom. The van der Waals surface area contributed by atoms with E-state index >= 15 is 0 Å². The van der Waals surface area contributed by atoms with E-state index in [1.165, 1.54) is 36.5 Å². The summed E-state index contributed by atoms with van der Waals surface area (Å²) in [6.07, 6.45) is 1.30. The first-order chi connectivity index (χ1) is 17.4. The van der Waals surface area contributed by atoms with Gasteiger partial charge in [-0.3, -0.25) is 24.6 Å². The lowest BCUT2D eigenvalue weighted by Gasteiger charge is -2.15. The van der Waals surface area contributed by atoms with Crippen molar-refractivity contribution in [2.75, 3.05) is 19.5 Å². The van der Waals surface area contributed by atoms with Gasteiger partial charge >= 0.3 is 0 Å². The van der Waals surface area contributed by atoms with Crippen LogP contribution in [0.3, 0.4) is 0 Å². The van der Waals surface area contributed by atoms with Crippen LogP contribution in [-0.2, 0) is 16.1 Å². The lowest BCUT2D eigenvalue weighted by molar-refractivity contribution is -0.384. The number of ether oxygens (including phenoxy) is 2. The van der Waals surface area contributed by atoms with E-state index in [0.717, 1.165) is 11.8 Å². The molecule has 0 spiro atoms. The number of hydrogen-bond donors (Lipinski definition) is 1. The number of thioether (sulfide) groups is 1. The standard InChI is InChI=1S/C24H22N4O7S/c1-33-16-7-5-15(6-8-16)25-24-27(14-18-4-3-11-35-18)23(30)21(36-24)13-22(29)26-19-10-9-17(34-2)12-20(19)28(31)32/h3-12,21H,13-14H2,1-2H3,(H,26,29). The van der Waals surface area contributed by atoms with Gasteiger partial charge in [-0.15, -0.1) is 0 Å². The number of amidine groups is 1. The number of anilines is 1. The summed E-state index contributed by atoms with van der Waals surface area (Å²) in [5.74, 6) is 0.657. The molecule has 1 aliphatic heterocycles. The van der Waals surface area contributed by atoms with Crippen LogP contribution in [0.2, 0.25) is 0 Å². The van der Waals surface area contributed by atoms with Crippen molar-refractivity contribution < 1.29 is 28.4 Å². The number of rotatable bonds is 9. The predicted molar refractivity (Wildman–Crippen MR) is 134 cm³/mol. The van der Waals surface area contributed by atoms with Crippen LogP contribution in [-0.4, -0.2) is 46.3 Å². The van der Waals surface area contributed by atoms with Crippen molar-refractivity contribution in [2.45, 2.75) is 18.2 Å². The average molecular weight is 511 g/mol. The summed E-state index contributed by atoms with van der Waals surface area (Å²) in [5.41, 5.74) is 0.310. The molecule has 1 unspecified atom stereocenters. The summed E-state index contributed by atoms with van der Waals surface area (Å²) in [7, 11) is 2.95. The van der Waals surface area contributed by atoms with Gasteiger partial charge in [0.05, 0.1) is 43.7 Å². The molecule has 0 aliphatic carbocycles. The monoisotopic (exact) mass is 510 g/mol. The van der Waals surface area contributed by atoms with E-state index < -0.39 is 16.1 Å². The Morgan fingerprint density at radius 3 is 2.53 bits per heavy atom. The zero-order valence-electron chi connectivity index (χ0n) is 19.4. The molecule has 2 heterocycles. The van der Waals surface area contributed by atoms with Gasteiger partial charge in [0.2, 0.25) is 11.8 Å². The molecule has 0 radical (unpaired) electrons. The van der Waals surface area contributed by atoms with Crippen LogP contribution in [0.15, 0.2) is 70.3 Å². The summed E-state index contributed by atoms with van der Waals surface area (Å²) < 4.78 is 15.6. The number of carbonyl (C=O) groups is 2. The van der Waals surface area contributed by atoms with Crippen LogP contribution < -0.4 is 14.8 Å². The van der Waals surface area contributed by atoms with Crippen LogP contribution >= 0.6 is 11.8 Å². The van der Waals surface area contributed by atoms with E-state index in [1.54, 1.807) is 43.5 Å². The molecule has 186 valence electrons. The fourth-order valence-electron chi connectivity index (χ4n) is 3.46. The lowest BCUT2D eigenvalue weighted by atomic mass is 10.2. The summed E-state index contributed by atoms with van der Waals surface area (Å²) in [6, 6.07) is 14.6. The van der Waals surface area contributed by atoms with Crippen LogP contribution in [0.5, 0.6) is 11.5 Å².